The van der Waals surface area contributed by atoms with Gasteiger partial charge in [-0.3, -0.25) is 4.79 Å². The fraction of sp³-hybridized carbons (Fsp3) is 0.900. The van der Waals surface area contributed by atoms with Gasteiger partial charge in [-0.05, 0) is 25.1 Å². The van der Waals surface area contributed by atoms with E-state index in [4.69, 9.17) is 20.9 Å². The summed E-state index contributed by atoms with van der Waals surface area (Å²) >= 11 is 0. The number of hydrogen-bond donors (Lipinski definition) is 4. The number of nitrogens with two attached hydrogens (primary N) is 1. The molecule has 0 aliphatic rings. The Hall–Kier alpha value is -0.585. The molecular weight excluding hydrogens is 209 g/mol. The van der Waals surface area contributed by atoms with Crippen molar-refractivity contribution in [2.45, 2.75) is 51.4 Å². The molecule has 94 valence electrons. The molecule has 0 aromatic heterocycles. The number of hydrogen-bond acceptors (Lipinski definition) is 4. The molecular formula is C10H22BNO4. The maximum Gasteiger partial charge on any atom is 0.451 e. The third-order valence-corrected chi connectivity index (χ3v) is 3.22. The molecule has 0 spiro atoms. The smallest absolute Gasteiger partial charge is 0.451 e. The minimum absolute atomic E-state index is 0.131. The van der Waals surface area contributed by atoms with Crippen LogP contribution in [0.5, 0.6) is 0 Å². The number of carboxylic acid groups (broad SMARTS) is 1. The summed E-state index contributed by atoms with van der Waals surface area (Å²) in [4.78, 5) is 11.1. The van der Waals surface area contributed by atoms with E-state index in [0.29, 0.717) is 25.7 Å². The first-order valence-electron chi connectivity index (χ1n) is 5.76. The normalized spacial score (nSPS) is 16.6. The molecule has 0 fully saturated rings. The summed E-state index contributed by atoms with van der Waals surface area (Å²) in [5.41, 5.74) is 4.69. The molecule has 0 aromatic carbocycles. The summed E-state index contributed by atoms with van der Waals surface area (Å²) < 4.78 is 0. The van der Waals surface area contributed by atoms with Crippen molar-refractivity contribution >= 4 is 13.1 Å². The lowest BCUT2D eigenvalue weighted by molar-refractivity contribution is -0.146. The zero-order valence-electron chi connectivity index (χ0n) is 10.0. The Morgan fingerprint density at radius 3 is 2.31 bits per heavy atom. The van der Waals surface area contributed by atoms with Gasteiger partial charge in [-0.15, -0.1) is 0 Å². The minimum Gasteiger partial charge on any atom is -0.480 e. The Balaban J connectivity index is 4.40. The van der Waals surface area contributed by atoms with Crippen LogP contribution in [0.4, 0.5) is 0 Å². The third kappa shape index (κ3) is 4.12. The van der Waals surface area contributed by atoms with Crippen LogP contribution in [0.1, 0.15) is 39.5 Å². The molecule has 16 heavy (non-hydrogen) atoms. The number of aliphatic carboxylic acids is 1. The van der Waals surface area contributed by atoms with Gasteiger partial charge in [0.2, 0.25) is 0 Å². The summed E-state index contributed by atoms with van der Waals surface area (Å²) in [5, 5.41) is 26.5. The van der Waals surface area contributed by atoms with E-state index in [0.717, 1.165) is 0 Å². The van der Waals surface area contributed by atoms with Gasteiger partial charge in [0, 0.05) is 0 Å². The van der Waals surface area contributed by atoms with Crippen LogP contribution < -0.4 is 5.73 Å². The van der Waals surface area contributed by atoms with Gasteiger partial charge in [0.25, 0.3) is 0 Å². The molecule has 0 aliphatic heterocycles. The van der Waals surface area contributed by atoms with Crippen LogP contribution in [0.25, 0.3) is 0 Å². The highest BCUT2D eigenvalue weighted by atomic mass is 16.4. The van der Waals surface area contributed by atoms with E-state index in [-0.39, 0.29) is 12.2 Å². The summed E-state index contributed by atoms with van der Waals surface area (Å²) in [7, 11) is -1.32. The van der Waals surface area contributed by atoms with Crippen molar-refractivity contribution in [3.63, 3.8) is 0 Å². The lowest BCUT2D eigenvalue weighted by Crippen LogP contribution is -2.53. The largest absolute Gasteiger partial charge is 0.480 e. The highest BCUT2D eigenvalue weighted by Gasteiger charge is 2.39. The predicted octanol–water partition coefficient (Wildman–Crippen LogP) is 0.458. The summed E-state index contributed by atoms with van der Waals surface area (Å²) in [6.07, 6.45) is 2.49. The SMILES string of the molecule is CC[C@H](CCCB(O)O)C(N)(CC)C(=O)O. The first-order valence-corrected chi connectivity index (χ1v) is 5.76. The van der Waals surface area contributed by atoms with Crippen LogP contribution in [0.15, 0.2) is 0 Å². The van der Waals surface area contributed by atoms with Crippen molar-refractivity contribution in [1.29, 1.82) is 0 Å². The van der Waals surface area contributed by atoms with Crippen LogP contribution in [0.2, 0.25) is 6.32 Å². The molecule has 0 aliphatic carbocycles. The first kappa shape index (κ1) is 15.4. The van der Waals surface area contributed by atoms with E-state index in [1.807, 2.05) is 6.92 Å². The fourth-order valence-corrected chi connectivity index (χ4v) is 1.99. The van der Waals surface area contributed by atoms with Crippen molar-refractivity contribution in [2.75, 3.05) is 0 Å². The predicted molar refractivity (Wildman–Crippen MR) is 62.9 cm³/mol. The van der Waals surface area contributed by atoms with Crippen LogP contribution in [-0.4, -0.2) is 33.8 Å². The lowest BCUT2D eigenvalue weighted by Gasteiger charge is -2.32. The second-order valence-corrected chi connectivity index (χ2v) is 4.22. The number of carbonyl (C=O) groups is 1. The molecule has 0 rings (SSSR count). The molecule has 0 bridgehead atoms. The van der Waals surface area contributed by atoms with Crippen molar-refractivity contribution in [2.24, 2.45) is 11.7 Å². The van der Waals surface area contributed by atoms with Crippen LogP contribution in [0.3, 0.4) is 0 Å². The number of rotatable bonds is 8. The van der Waals surface area contributed by atoms with E-state index in [1.54, 1.807) is 6.92 Å². The zero-order chi connectivity index (χ0) is 12.8. The van der Waals surface area contributed by atoms with E-state index >= 15 is 0 Å². The van der Waals surface area contributed by atoms with Gasteiger partial charge in [-0.25, -0.2) is 0 Å². The van der Waals surface area contributed by atoms with E-state index < -0.39 is 18.6 Å². The van der Waals surface area contributed by atoms with Crippen LogP contribution in [-0.2, 0) is 4.79 Å². The van der Waals surface area contributed by atoms with Gasteiger partial charge < -0.3 is 20.9 Å². The summed E-state index contributed by atoms with van der Waals surface area (Å²) in [5.74, 6) is -1.11. The number of carboxylic acids is 1. The fourth-order valence-electron chi connectivity index (χ4n) is 1.99. The Morgan fingerprint density at radius 2 is 2.00 bits per heavy atom. The second kappa shape index (κ2) is 6.88. The molecule has 0 radical (unpaired) electrons. The standard InChI is InChI=1S/C10H22BNO4/c1-3-8(6-5-7-11(15)16)10(12,4-2)9(13)14/h8,15-16H,3-7,12H2,1-2H3,(H,13,14)/t8-,10?/m1/s1. The molecule has 0 heterocycles. The monoisotopic (exact) mass is 231 g/mol. The highest BCUT2D eigenvalue weighted by Crippen LogP contribution is 2.27. The molecule has 0 saturated heterocycles. The highest BCUT2D eigenvalue weighted by molar-refractivity contribution is 6.40. The van der Waals surface area contributed by atoms with Gasteiger partial charge in [-0.2, -0.15) is 0 Å². The second-order valence-electron chi connectivity index (χ2n) is 4.22. The molecule has 2 atom stereocenters. The van der Waals surface area contributed by atoms with E-state index in [2.05, 4.69) is 0 Å². The van der Waals surface area contributed by atoms with Gasteiger partial charge in [0.1, 0.15) is 5.54 Å². The van der Waals surface area contributed by atoms with Crippen LogP contribution >= 0.6 is 0 Å². The third-order valence-electron chi connectivity index (χ3n) is 3.22. The summed E-state index contributed by atoms with van der Waals surface area (Å²) in [6, 6.07) is 0. The van der Waals surface area contributed by atoms with Crippen molar-refractivity contribution in [3.8, 4) is 0 Å². The molecule has 1 unspecified atom stereocenters. The maximum absolute atomic E-state index is 11.1. The van der Waals surface area contributed by atoms with Crippen molar-refractivity contribution in [1.82, 2.24) is 0 Å². The Kier molecular flexibility index (Phi) is 6.63. The molecule has 5 nitrogen and oxygen atoms in total. The molecule has 0 amide bonds. The topological polar surface area (TPSA) is 104 Å². The van der Waals surface area contributed by atoms with Crippen molar-refractivity contribution in [3.05, 3.63) is 0 Å². The zero-order valence-corrected chi connectivity index (χ0v) is 10.0. The van der Waals surface area contributed by atoms with Crippen LogP contribution in [0, 0.1) is 5.92 Å². The van der Waals surface area contributed by atoms with Gasteiger partial charge >= 0.3 is 13.1 Å². The Labute approximate surface area is 96.8 Å². The van der Waals surface area contributed by atoms with Gasteiger partial charge in [-0.1, -0.05) is 26.7 Å². The molecule has 5 N–H and O–H groups in total. The van der Waals surface area contributed by atoms with Gasteiger partial charge in [0.05, 0.1) is 0 Å². The minimum atomic E-state index is -1.32. The average molecular weight is 231 g/mol. The molecule has 6 heteroatoms. The van der Waals surface area contributed by atoms with E-state index in [9.17, 15) is 4.79 Å². The lowest BCUT2D eigenvalue weighted by atomic mass is 9.75. The Bertz CT molecular complexity index is 225. The Morgan fingerprint density at radius 1 is 1.44 bits per heavy atom. The molecule has 0 saturated carbocycles. The van der Waals surface area contributed by atoms with Crippen molar-refractivity contribution < 1.29 is 19.9 Å². The molecule has 0 aromatic rings. The quantitative estimate of drug-likeness (QED) is 0.454. The summed E-state index contributed by atoms with van der Waals surface area (Å²) in [6.45, 7) is 3.66. The maximum atomic E-state index is 11.1. The average Bonchev–Trinajstić information content (AvgIpc) is 2.22. The first-order chi connectivity index (χ1) is 7.38. The van der Waals surface area contributed by atoms with Gasteiger partial charge in [0.15, 0.2) is 0 Å². The van der Waals surface area contributed by atoms with E-state index in [1.165, 1.54) is 0 Å².